The molecular formula is C22H24ClN5O4. The molecule has 1 aliphatic heterocycles. The summed E-state index contributed by atoms with van der Waals surface area (Å²) in [5, 5.41) is 12.2. The van der Waals surface area contributed by atoms with Crippen molar-refractivity contribution < 1.29 is 14.7 Å². The third kappa shape index (κ3) is 4.08. The van der Waals surface area contributed by atoms with Crippen molar-refractivity contribution in [2.24, 2.45) is 7.05 Å². The number of halogens is 1. The summed E-state index contributed by atoms with van der Waals surface area (Å²) in [7, 11) is 1.57. The average molecular weight is 458 g/mol. The second-order valence-corrected chi connectivity index (χ2v) is 8.41. The Morgan fingerprint density at radius 2 is 2.06 bits per heavy atom. The van der Waals surface area contributed by atoms with Crippen molar-refractivity contribution in [3.05, 3.63) is 57.0 Å². The summed E-state index contributed by atoms with van der Waals surface area (Å²) in [6.07, 6.45) is 0.433. The number of aromatic nitrogens is 3. The number of carboxylic acid groups (broad SMARTS) is 1. The Morgan fingerprint density at radius 3 is 2.75 bits per heavy atom. The number of pyridine rings is 1. The van der Waals surface area contributed by atoms with Crippen molar-refractivity contribution in [2.75, 3.05) is 18.0 Å². The van der Waals surface area contributed by atoms with E-state index in [1.807, 2.05) is 27.7 Å². The van der Waals surface area contributed by atoms with Gasteiger partial charge in [0, 0.05) is 38.1 Å². The second kappa shape index (κ2) is 8.66. The molecule has 3 aromatic rings. The predicted molar refractivity (Wildman–Crippen MR) is 122 cm³/mol. The largest absolute Gasteiger partial charge is 0.465 e. The van der Waals surface area contributed by atoms with Gasteiger partial charge in [0.1, 0.15) is 5.52 Å². The highest BCUT2D eigenvalue weighted by atomic mass is 35.5. The van der Waals surface area contributed by atoms with Crippen molar-refractivity contribution >= 4 is 40.5 Å². The molecule has 168 valence electrons. The lowest BCUT2D eigenvalue weighted by atomic mass is 10.1. The molecule has 0 radical (unpaired) electrons. The average Bonchev–Trinajstić information content (AvgIpc) is 3.10. The minimum atomic E-state index is -1.07. The molecule has 3 heterocycles. The van der Waals surface area contributed by atoms with Crippen LogP contribution in [0.5, 0.6) is 0 Å². The van der Waals surface area contributed by atoms with E-state index in [2.05, 4.69) is 5.32 Å². The van der Waals surface area contributed by atoms with Gasteiger partial charge in [-0.15, -0.1) is 0 Å². The molecule has 0 bridgehead atoms. The SMILES string of the molecule is CC(=O)c1cc2nc(N3CCC[C@@H](NC(=O)O)C3)n(Cc3ccccc3Cl)c2c(=O)n1C. The number of hydrogen-bond acceptors (Lipinski definition) is 5. The highest BCUT2D eigenvalue weighted by Crippen LogP contribution is 2.27. The molecule has 0 spiro atoms. The number of nitrogens with one attached hydrogen (secondary N) is 1. The van der Waals surface area contributed by atoms with Crippen LogP contribution in [-0.2, 0) is 13.6 Å². The van der Waals surface area contributed by atoms with E-state index in [-0.39, 0.29) is 23.1 Å². The molecule has 1 atom stereocenters. The fraction of sp³-hybridized carbons (Fsp3) is 0.364. The monoisotopic (exact) mass is 457 g/mol. The van der Waals surface area contributed by atoms with Gasteiger partial charge < -0.3 is 24.5 Å². The van der Waals surface area contributed by atoms with Crippen LogP contribution in [0, 0.1) is 0 Å². The Hall–Kier alpha value is -3.33. The minimum Gasteiger partial charge on any atom is -0.465 e. The topological polar surface area (TPSA) is 109 Å². The van der Waals surface area contributed by atoms with Gasteiger partial charge in [-0.3, -0.25) is 9.59 Å². The van der Waals surface area contributed by atoms with E-state index < -0.39 is 6.09 Å². The summed E-state index contributed by atoms with van der Waals surface area (Å²) >= 11 is 6.40. The molecule has 10 heteroatoms. The number of hydrogen-bond donors (Lipinski definition) is 2. The molecule has 9 nitrogen and oxygen atoms in total. The number of benzene rings is 1. The maximum absolute atomic E-state index is 13.3. The summed E-state index contributed by atoms with van der Waals surface area (Å²) in [5.74, 6) is 0.326. The van der Waals surface area contributed by atoms with E-state index >= 15 is 0 Å². The quantitative estimate of drug-likeness (QED) is 0.570. The molecule has 2 aromatic heterocycles. The fourth-order valence-corrected chi connectivity index (χ4v) is 4.45. The Kier molecular flexibility index (Phi) is 5.92. The summed E-state index contributed by atoms with van der Waals surface area (Å²) in [6, 6.07) is 8.77. The Morgan fingerprint density at radius 1 is 1.31 bits per heavy atom. The van der Waals surface area contributed by atoms with Crippen molar-refractivity contribution in [3.8, 4) is 0 Å². The van der Waals surface area contributed by atoms with Crippen LogP contribution in [0.1, 0.15) is 35.8 Å². The van der Waals surface area contributed by atoms with Gasteiger partial charge in [-0.1, -0.05) is 29.8 Å². The molecule has 4 rings (SSSR count). The van der Waals surface area contributed by atoms with Crippen molar-refractivity contribution in [1.29, 1.82) is 0 Å². The Balaban J connectivity index is 1.88. The van der Waals surface area contributed by atoms with Gasteiger partial charge in [-0.25, -0.2) is 9.78 Å². The molecule has 1 amide bonds. The second-order valence-electron chi connectivity index (χ2n) is 8.01. The zero-order chi connectivity index (χ0) is 23.0. The van der Waals surface area contributed by atoms with Crippen molar-refractivity contribution in [1.82, 2.24) is 19.4 Å². The summed E-state index contributed by atoms with van der Waals surface area (Å²) < 4.78 is 3.15. The third-order valence-corrected chi connectivity index (χ3v) is 6.16. The molecule has 1 aliphatic rings. The third-order valence-electron chi connectivity index (χ3n) is 5.80. The van der Waals surface area contributed by atoms with Crippen molar-refractivity contribution in [3.63, 3.8) is 0 Å². The highest BCUT2D eigenvalue weighted by molar-refractivity contribution is 6.31. The number of amides is 1. The van der Waals surface area contributed by atoms with E-state index in [4.69, 9.17) is 21.7 Å². The number of ketones is 1. The van der Waals surface area contributed by atoms with Gasteiger partial charge in [0.2, 0.25) is 5.95 Å². The molecule has 1 fully saturated rings. The first-order valence-corrected chi connectivity index (χ1v) is 10.7. The number of fused-ring (bicyclic) bond motifs is 1. The Labute approximate surface area is 189 Å². The van der Waals surface area contributed by atoms with Crippen LogP contribution in [0.15, 0.2) is 35.1 Å². The number of piperidine rings is 1. The zero-order valence-corrected chi connectivity index (χ0v) is 18.6. The van der Waals surface area contributed by atoms with Crippen LogP contribution in [0.2, 0.25) is 5.02 Å². The van der Waals surface area contributed by atoms with Crippen LogP contribution >= 0.6 is 11.6 Å². The molecular weight excluding hydrogens is 434 g/mol. The first-order valence-electron chi connectivity index (χ1n) is 10.3. The smallest absolute Gasteiger partial charge is 0.404 e. The van der Waals surface area contributed by atoms with Crippen LogP contribution in [0.3, 0.4) is 0 Å². The molecule has 0 unspecified atom stereocenters. The number of imidazole rings is 1. The molecule has 32 heavy (non-hydrogen) atoms. The van der Waals surface area contributed by atoms with Crippen LogP contribution < -0.4 is 15.8 Å². The summed E-state index contributed by atoms with van der Waals surface area (Å²) in [6.45, 7) is 2.82. The lowest BCUT2D eigenvalue weighted by molar-refractivity contribution is 0.100. The normalized spacial score (nSPS) is 16.3. The maximum Gasteiger partial charge on any atom is 0.404 e. The van der Waals surface area contributed by atoms with Crippen molar-refractivity contribution in [2.45, 2.75) is 32.4 Å². The van der Waals surface area contributed by atoms with E-state index in [1.54, 1.807) is 19.2 Å². The van der Waals surface area contributed by atoms with Gasteiger partial charge in [-0.2, -0.15) is 0 Å². The van der Waals surface area contributed by atoms with E-state index in [0.29, 0.717) is 41.6 Å². The van der Waals surface area contributed by atoms with Crippen LogP contribution in [-0.4, -0.2) is 50.2 Å². The van der Waals surface area contributed by atoms with Crippen LogP contribution in [0.4, 0.5) is 10.7 Å². The lowest BCUT2D eigenvalue weighted by Gasteiger charge is -2.33. The van der Waals surface area contributed by atoms with Gasteiger partial charge in [0.05, 0.1) is 17.8 Å². The number of carbonyl (C=O) groups is 2. The van der Waals surface area contributed by atoms with Gasteiger partial charge in [-0.05, 0) is 30.5 Å². The number of rotatable bonds is 5. The maximum atomic E-state index is 13.3. The first kappa shape index (κ1) is 21.9. The Bertz CT molecular complexity index is 1270. The summed E-state index contributed by atoms with van der Waals surface area (Å²) in [5.41, 5.74) is 1.58. The zero-order valence-electron chi connectivity index (χ0n) is 17.8. The lowest BCUT2D eigenvalue weighted by Crippen LogP contribution is -2.48. The van der Waals surface area contributed by atoms with Gasteiger partial charge in [0.25, 0.3) is 5.56 Å². The van der Waals surface area contributed by atoms with Gasteiger partial charge in [0.15, 0.2) is 5.78 Å². The molecule has 0 saturated carbocycles. The molecule has 0 aliphatic carbocycles. The standard InChI is InChI=1S/C22H24ClN5O4/c1-13(29)18-10-17-19(20(30)26(18)2)28(11-14-6-3-4-8-16(14)23)21(25-17)27-9-5-7-15(12-27)24-22(31)32/h3-4,6,8,10,15,24H,5,7,9,11-12H2,1-2H3,(H,31,32)/t15-/m1/s1. The van der Waals surface area contributed by atoms with E-state index in [1.165, 1.54) is 11.5 Å². The van der Waals surface area contributed by atoms with E-state index in [9.17, 15) is 14.4 Å². The first-order chi connectivity index (χ1) is 15.3. The summed E-state index contributed by atoms with van der Waals surface area (Å²) in [4.78, 5) is 43.2. The highest BCUT2D eigenvalue weighted by Gasteiger charge is 2.27. The number of nitrogens with zero attached hydrogens (tertiary/aromatic N) is 4. The van der Waals surface area contributed by atoms with Crippen LogP contribution in [0.25, 0.3) is 11.0 Å². The molecule has 2 N–H and O–H groups in total. The fourth-order valence-electron chi connectivity index (χ4n) is 4.26. The number of anilines is 1. The molecule has 1 aromatic carbocycles. The van der Waals surface area contributed by atoms with E-state index in [0.717, 1.165) is 18.4 Å². The predicted octanol–water partition coefficient (Wildman–Crippen LogP) is 2.88. The van der Waals surface area contributed by atoms with Gasteiger partial charge >= 0.3 is 6.09 Å². The number of carbonyl (C=O) groups excluding carboxylic acids is 1. The molecule has 1 saturated heterocycles. The minimum absolute atomic E-state index is 0.225. The number of Topliss-reactive ketones (excluding diaryl/α,β-unsaturated/α-hetero) is 1.